The van der Waals surface area contributed by atoms with Gasteiger partial charge in [-0.05, 0) is 62.3 Å². The normalized spacial score (nSPS) is 23.8. The lowest BCUT2D eigenvalue weighted by Crippen LogP contribution is -2.50. The summed E-state index contributed by atoms with van der Waals surface area (Å²) in [4.78, 5) is 16.0. The SMILES string of the molecule is CC(C)CN1CC[C@H](Cc2ccn3ncc(N4CCC(=O)NC4=N)c3c2)C[C@H]1C. The van der Waals surface area contributed by atoms with E-state index in [1.165, 1.54) is 31.5 Å². The third-order valence-corrected chi connectivity index (χ3v) is 6.19. The van der Waals surface area contributed by atoms with E-state index in [0.717, 1.165) is 23.5 Å². The molecule has 0 radical (unpaired) electrons. The molecule has 2 aliphatic heterocycles. The van der Waals surface area contributed by atoms with Crippen molar-refractivity contribution in [2.45, 2.75) is 52.5 Å². The summed E-state index contributed by atoms with van der Waals surface area (Å²) in [6.45, 7) is 9.85. The van der Waals surface area contributed by atoms with Gasteiger partial charge in [-0.15, -0.1) is 0 Å². The van der Waals surface area contributed by atoms with Crippen LogP contribution in [0.3, 0.4) is 0 Å². The van der Waals surface area contributed by atoms with Crippen molar-refractivity contribution < 1.29 is 4.79 Å². The van der Waals surface area contributed by atoms with Crippen molar-refractivity contribution in [3.8, 4) is 0 Å². The Labute approximate surface area is 172 Å². The summed E-state index contributed by atoms with van der Waals surface area (Å²) in [5.41, 5.74) is 3.20. The number of nitrogens with zero attached hydrogens (tertiary/aromatic N) is 4. The average molecular weight is 397 g/mol. The minimum Gasteiger partial charge on any atom is -0.309 e. The van der Waals surface area contributed by atoms with Gasteiger partial charge in [0.2, 0.25) is 11.9 Å². The monoisotopic (exact) mass is 396 g/mol. The lowest BCUT2D eigenvalue weighted by molar-refractivity contribution is -0.119. The Morgan fingerprint density at radius 2 is 2.17 bits per heavy atom. The van der Waals surface area contributed by atoms with E-state index in [-0.39, 0.29) is 11.9 Å². The molecule has 4 rings (SSSR count). The average Bonchev–Trinajstić information content (AvgIpc) is 3.07. The molecule has 2 fully saturated rings. The molecular formula is C22H32N6O. The summed E-state index contributed by atoms with van der Waals surface area (Å²) in [6, 6.07) is 5.01. The highest BCUT2D eigenvalue weighted by molar-refractivity contribution is 6.08. The van der Waals surface area contributed by atoms with Gasteiger partial charge in [0.05, 0.1) is 17.4 Å². The van der Waals surface area contributed by atoms with E-state index >= 15 is 0 Å². The zero-order valence-electron chi connectivity index (χ0n) is 17.7. The Kier molecular flexibility index (Phi) is 5.58. The van der Waals surface area contributed by atoms with Crippen LogP contribution >= 0.6 is 0 Å². The van der Waals surface area contributed by atoms with Crippen molar-refractivity contribution in [1.29, 1.82) is 5.41 Å². The van der Waals surface area contributed by atoms with E-state index in [9.17, 15) is 4.79 Å². The van der Waals surface area contributed by atoms with Gasteiger partial charge in [0.15, 0.2) is 0 Å². The van der Waals surface area contributed by atoms with Crippen LogP contribution in [0.15, 0.2) is 24.5 Å². The van der Waals surface area contributed by atoms with Crippen LogP contribution in [0.25, 0.3) is 5.52 Å². The number of likely N-dealkylation sites (tertiary alicyclic amines) is 1. The van der Waals surface area contributed by atoms with Crippen molar-refractivity contribution in [1.82, 2.24) is 19.8 Å². The molecule has 7 nitrogen and oxygen atoms in total. The van der Waals surface area contributed by atoms with E-state index in [1.807, 2.05) is 15.6 Å². The van der Waals surface area contributed by atoms with Gasteiger partial charge < -0.3 is 9.80 Å². The number of fused-ring (bicyclic) bond motifs is 1. The molecule has 2 aliphatic rings. The van der Waals surface area contributed by atoms with E-state index < -0.39 is 0 Å². The molecule has 1 amide bonds. The summed E-state index contributed by atoms with van der Waals surface area (Å²) >= 11 is 0. The van der Waals surface area contributed by atoms with Crippen LogP contribution in [0.2, 0.25) is 0 Å². The van der Waals surface area contributed by atoms with Gasteiger partial charge in [0.25, 0.3) is 0 Å². The third-order valence-electron chi connectivity index (χ3n) is 6.19. The predicted octanol–water partition coefficient (Wildman–Crippen LogP) is 2.89. The molecule has 0 spiro atoms. The van der Waals surface area contributed by atoms with Gasteiger partial charge in [-0.2, -0.15) is 5.10 Å². The highest BCUT2D eigenvalue weighted by atomic mass is 16.2. The fourth-order valence-corrected chi connectivity index (χ4v) is 4.75. The van der Waals surface area contributed by atoms with Crippen LogP contribution in [0, 0.1) is 17.2 Å². The first-order chi connectivity index (χ1) is 13.9. The van der Waals surface area contributed by atoms with Gasteiger partial charge in [-0.3, -0.25) is 15.5 Å². The molecule has 2 saturated heterocycles. The number of carbonyl (C=O) groups is 1. The molecule has 7 heteroatoms. The van der Waals surface area contributed by atoms with E-state index in [1.54, 1.807) is 6.20 Å². The molecule has 2 aromatic heterocycles. The van der Waals surface area contributed by atoms with Crippen LogP contribution < -0.4 is 10.2 Å². The maximum atomic E-state index is 11.5. The number of piperidine rings is 1. The van der Waals surface area contributed by atoms with Gasteiger partial charge >= 0.3 is 0 Å². The largest absolute Gasteiger partial charge is 0.309 e. The second-order valence-electron chi connectivity index (χ2n) is 9.03. The van der Waals surface area contributed by atoms with Gasteiger partial charge in [-0.1, -0.05) is 13.8 Å². The molecule has 0 unspecified atom stereocenters. The maximum absolute atomic E-state index is 11.5. The molecule has 0 aromatic carbocycles. The zero-order valence-corrected chi connectivity index (χ0v) is 17.7. The van der Waals surface area contributed by atoms with Crippen molar-refractivity contribution >= 4 is 23.1 Å². The Morgan fingerprint density at radius 1 is 1.34 bits per heavy atom. The lowest BCUT2D eigenvalue weighted by atomic mass is 9.86. The Balaban J connectivity index is 1.48. The molecule has 0 bridgehead atoms. The van der Waals surface area contributed by atoms with Crippen LogP contribution in [-0.4, -0.2) is 52.1 Å². The smallest absolute Gasteiger partial charge is 0.228 e. The van der Waals surface area contributed by atoms with Crippen molar-refractivity contribution in [2.75, 3.05) is 24.5 Å². The molecule has 4 heterocycles. The molecular weight excluding hydrogens is 364 g/mol. The van der Waals surface area contributed by atoms with Gasteiger partial charge in [0, 0.05) is 31.7 Å². The van der Waals surface area contributed by atoms with Crippen molar-refractivity contribution in [3.63, 3.8) is 0 Å². The number of guanidine groups is 1. The summed E-state index contributed by atoms with van der Waals surface area (Å²) in [6.07, 6.45) is 7.76. The Morgan fingerprint density at radius 3 is 2.90 bits per heavy atom. The second kappa shape index (κ2) is 8.14. The summed E-state index contributed by atoms with van der Waals surface area (Å²) in [7, 11) is 0. The summed E-state index contributed by atoms with van der Waals surface area (Å²) in [5.74, 6) is 1.46. The lowest BCUT2D eigenvalue weighted by Gasteiger charge is -2.38. The van der Waals surface area contributed by atoms with E-state index in [2.05, 4.69) is 48.2 Å². The zero-order chi connectivity index (χ0) is 20.5. The fourth-order valence-electron chi connectivity index (χ4n) is 4.75. The highest BCUT2D eigenvalue weighted by Gasteiger charge is 2.27. The number of amides is 1. The summed E-state index contributed by atoms with van der Waals surface area (Å²) < 4.78 is 1.86. The first-order valence-electron chi connectivity index (χ1n) is 10.8. The van der Waals surface area contributed by atoms with Crippen molar-refractivity contribution in [3.05, 3.63) is 30.1 Å². The van der Waals surface area contributed by atoms with Crippen molar-refractivity contribution in [2.24, 2.45) is 11.8 Å². The molecule has 29 heavy (non-hydrogen) atoms. The molecule has 0 aliphatic carbocycles. The third kappa shape index (κ3) is 4.29. The first-order valence-corrected chi connectivity index (χ1v) is 10.8. The number of pyridine rings is 1. The number of hydrogen-bond donors (Lipinski definition) is 2. The number of carbonyl (C=O) groups excluding carboxylic acids is 1. The minimum atomic E-state index is -0.0960. The molecule has 0 saturated carbocycles. The molecule has 2 N–H and O–H groups in total. The summed E-state index contributed by atoms with van der Waals surface area (Å²) in [5, 5.41) is 15.2. The quantitative estimate of drug-likeness (QED) is 0.815. The highest BCUT2D eigenvalue weighted by Crippen LogP contribution is 2.29. The van der Waals surface area contributed by atoms with E-state index in [4.69, 9.17) is 5.41 Å². The number of rotatable bonds is 5. The van der Waals surface area contributed by atoms with Gasteiger partial charge in [0.1, 0.15) is 0 Å². The fraction of sp³-hybridized carbons (Fsp3) is 0.591. The topological polar surface area (TPSA) is 76.7 Å². The standard InChI is InChI=1S/C22H32N6O/c1-15(2)14-26-7-4-17(10-16(26)3)11-18-5-9-28-19(12-18)20(13-24-28)27-8-6-21(29)25-22(27)23/h5,9,12-13,15-17H,4,6-8,10-11,14H2,1-3H3,(H2,23,25,29)/t16-,17+/m1/s1. The van der Waals surface area contributed by atoms with Crippen LogP contribution in [-0.2, 0) is 11.2 Å². The Hall–Kier alpha value is -2.41. The molecule has 2 atom stereocenters. The Bertz CT molecular complexity index is 904. The molecule has 2 aromatic rings. The van der Waals surface area contributed by atoms with E-state index in [0.29, 0.717) is 24.9 Å². The maximum Gasteiger partial charge on any atom is 0.228 e. The number of anilines is 1. The minimum absolute atomic E-state index is 0.0960. The molecule has 156 valence electrons. The van der Waals surface area contributed by atoms with Crippen LogP contribution in [0.5, 0.6) is 0 Å². The van der Waals surface area contributed by atoms with Gasteiger partial charge in [-0.25, -0.2) is 4.52 Å². The second-order valence-corrected chi connectivity index (χ2v) is 9.03. The first kappa shape index (κ1) is 19.9. The van der Waals surface area contributed by atoms with Crippen LogP contribution in [0.1, 0.15) is 45.6 Å². The number of hydrogen-bond acceptors (Lipinski definition) is 4. The van der Waals surface area contributed by atoms with Crippen LogP contribution in [0.4, 0.5) is 5.69 Å². The predicted molar refractivity (Wildman–Crippen MR) is 115 cm³/mol. The number of aromatic nitrogens is 2. The number of nitrogens with one attached hydrogen (secondary N) is 2.